The van der Waals surface area contributed by atoms with E-state index in [4.69, 9.17) is 0 Å². The molecule has 0 bridgehead atoms. The van der Waals surface area contributed by atoms with Gasteiger partial charge in [-0.3, -0.25) is 9.78 Å². The van der Waals surface area contributed by atoms with Crippen LogP contribution in [-0.2, 0) is 4.79 Å². The summed E-state index contributed by atoms with van der Waals surface area (Å²) in [7, 11) is 0. The number of para-hydroxylation sites is 1. The van der Waals surface area contributed by atoms with Gasteiger partial charge in [0.2, 0.25) is 5.91 Å². The molecular formula is C19H22N2O. The molecule has 1 aromatic carbocycles. The lowest BCUT2D eigenvalue weighted by Gasteiger charge is -2.50. The van der Waals surface area contributed by atoms with Crippen molar-refractivity contribution in [3.05, 3.63) is 36.5 Å². The van der Waals surface area contributed by atoms with E-state index in [0.717, 1.165) is 16.6 Å². The standard InChI is InChI=1S/C19H22N2O/c1-13-18(15-7-3-2-4-8-15)21(19(13)22)16-11-5-9-14-10-6-12-20-17(14)16/h5-6,9-13,15,18H,2-4,7-8H2,1H3. The minimum Gasteiger partial charge on any atom is -0.306 e. The SMILES string of the molecule is CC1C(=O)N(c2cccc3cccnc23)C1C1CCCCC1. The van der Waals surface area contributed by atoms with E-state index in [1.54, 1.807) is 0 Å². The highest BCUT2D eigenvalue weighted by atomic mass is 16.2. The molecule has 2 fully saturated rings. The third kappa shape index (κ3) is 2.03. The van der Waals surface area contributed by atoms with Crippen molar-refractivity contribution >= 4 is 22.5 Å². The van der Waals surface area contributed by atoms with E-state index in [1.165, 1.54) is 32.1 Å². The van der Waals surface area contributed by atoms with Crippen LogP contribution < -0.4 is 4.90 Å². The van der Waals surface area contributed by atoms with Crippen LogP contribution in [0.4, 0.5) is 5.69 Å². The minimum absolute atomic E-state index is 0.155. The minimum atomic E-state index is 0.155. The number of carbonyl (C=O) groups is 1. The molecule has 22 heavy (non-hydrogen) atoms. The molecule has 1 aromatic heterocycles. The van der Waals surface area contributed by atoms with Crippen molar-refractivity contribution < 1.29 is 4.79 Å². The van der Waals surface area contributed by atoms with Crippen LogP contribution in [0.15, 0.2) is 36.5 Å². The van der Waals surface area contributed by atoms with Gasteiger partial charge in [-0.15, -0.1) is 0 Å². The van der Waals surface area contributed by atoms with E-state index in [0.29, 0.717) is 12.0 Å². The number of fused-ring (bicyclic) bond motifs is 1. The van der Waals surface area contributed by atoms with E-state index < -0.39 is 0 Å². The fourth-order valence-electron chi connectivity index (χ4n) is 4.31. The van der Waals surface area contributed by atoms with E-state index >= 15 is 0 Å². The molecule has 2 unspecified atom stereocenters. The normalized spacial score (nSPS) is 26.2. The molecule has 1 aliphatic carbocycles. The van der Waals surface area contributed by atoms with Gasteiger partial charge in [0.15, 0.2) is 0 Å². The third-order valence-corrected chi connectivity index (χ3v) is 5.44. The van der Waals surface area contributed by atoms with Crippen molar-refractivity contribution in [3.8, 4) is 0 Å². The van der Waals surface area contributed by atoms with Crippen LogP contribution in [0.1, 0.15) is 39.0 Å². The first-order chi connectivity index (χ1) is 10.8. The lowest BCUT2D eigenvalue weighted by molar-refractivity contribution is -0.131. The Kier molecular flexibility index (Phi) is 3.36. The molecule has 3 nitrogen and oxygen atoms in total. The molecule has 2 heterocycles. The van der Waals surface area contributed by atoms with Gasteiger partial charge in [-0.05, 0) is 30.9 Å². The highest BCUT2D eigenvalue weighted by Gasteiger charge is 2.49. The highest BCUT2D eigenvalue weighted by Crippen LogP contribution is 2.43. The van der Waals surface area contributed by atoms with E-state index in [-0.39, 0.29) is 11.8 Å². The van der Waals surface area contributed by atoms with Crippen LogP contribution in [0.3, 0.4) is 0 Å². The lowest BCUT2D eigenvalue weighted by atomic mass is 9.73. The molecule has 1 saturated heterocycles. The Hall–Kier alpha value is -1.90. The first-order valence-electron chi connectivity index (χ1n) is 8.44. The summed E-state index contributed by atoms with van der Waals surface area (Å²) >= 11 is 0. The van der Waals surface area contributed by atoms with Crippen LogP contribution in [0.25, 0.3) is 10.9 Å². The predicted molar refractivity (Wildman–Crippen MR) is 88.8 cm³/mol. The van der Waals surface area contributed by atoms with Gasteiger partial charge in [-0.2, -0.15) is 0 Å². The number of pyridine rings is 1. The van der Waals surface area contributed by atoms with E-state index in [9.17, 15) is 4.79 Å². The molecule has 0 spiro atoms. The van der Waals surface area contributed by atoms with Crippen molar-refractivity contribution in [2.75, 3.05) is 4.90 Å². The van der Waals surface area contributed by atoms with Gasteiger partial charge < -0.3 is 4.90 Å². The third-order valence-electron chi connectivity index (χ3n) is 5.44. The molecule has 2 atom stereocenters. The lowest BCUT2D eigenvalue weighted by Crippen LogP contribution is -2.63. The molecule has 4 rings (SSSR count). The van der Waals surface area contributed by atoms with Crippen molar-refractivity contribution in [2.24, 2.45) is 11.8 Å². The molecule has 2 aromatic rings. The van der Waals surface area contributed by atoms with Gasteiger partial charge in [0.1, 0.15) is 0 Å². The van der Waals surface area contributed by atoms with Crippen LogP contribution in [-0.4, -0.2) is 16.9 Å². The average molecular weight is 294 g/mol. The monoisotopic (exact) mass is 294 g/mol. The summed E-state index contributed by atoms with van der Waals surface area (Å²) in [5.74, 6) is 1.07. The number of anilines is 1. The summed E-state index contributed by atoms with van der Waals surface area (Å²) in [4.78, 5) is 19.1. The Bertz CT molecular complexity index is 700. The number of rotatable bonds is 2. The maximum absolute atomic E-state index is 12.6. The Balaban J connectivity index is 1.74. The fourth-order valence-corrected chi connectivity index (χ4v) is 4.31. The number of benzene rings is 1. The topological polar surface area (TPSA) is 33.2 Å². The van der Waals surface area contributed by atoms with Crippen LogP contribution >= 0.6 is 0 Å². The summed E-state index contributed by atoms with van der Waals surface area (Å²) in [6, 6.07) is 10.5. The Morgan fingerprint density at radius 2 is 1.86 bits per heavy atom. The van der Waals surface area contributed by atoms with E-state index in [1.807, 2.05) is 23.2 Å². The number of amides is 1. The number of β-lactam (4-membered cyclic amide) rings is 1. The van der Waals surface area contributed by atoms with Crippen molar-refractivity contribution in [1.29, 1.82) is 0 Å². The van der Waals surface area contributed by atoms with Crippen LogP contribution in [0, 0.1) is 11.8 Å². The van der Waals surface area contributed by atoms with E-state index in [2.05, 4.69) is 30.1 Å². The zero-order valence-corrected chi connectivity index (χ0v) is 13.0. The highest BCUT2D eigenvalue weighted by molar-refractivity contribution is 6.08. The maximum atomic E-state index is 12.6. The molecular weight excluding hydrogens is 272 g/mol. The second-order valence-corrected chi connectivity index (χ2v) is 6.74. The Morgan fingerprint density at radius 3 is 2.68 bits per heavy atom. The Labute approximate surface area is 131 Å². The number of carbonyl (C=O) groups excluding carboxylic acids is 1. The average Bonchev–Trinajstić information content (AvgIpc) is 2.59. The smallest absolute Gasteiger partial charge is 0.232 e. The largest absolute Gasteiger partial charge is 0.306 e. The summed E-state index contributed by atoms with van der Waals surface area (Å²) < 4.78 is 0. The van der Waals surface area contributed by atoms with Gasteiger partial charge in [0, 0.05) is 11.6 Å². The second-order valence-electron chi connectivity index (χ2n) is 6.74. The zero-order chi connectivity index (χ0) is 15.1. The van der Waals surface area contributed by atoms with Gasteiger partial charge in [0.25, 0.3) is 0 Å². The number of hydrogen-bond acceptors (Lipinski definition) is 2. The van der Waals surface area contributed by atoms with Crippen molar-refractivity contribution in [1.82, 2.24) is 4.98 Å². The second kappa shape index (κ2) is 5.38. The molecule has 1 amide bonds. The van der Waals surface area contributed by atoms with Gasteiger partial charge >= 0.3 is 0 Å². The molecule has 0 N–H and O–H groups in total. The molecule has 1 aliphatic heterocycles. The van der Waals surface area contributed by atoms with Gasteiger partial charge in [0.05, 0.1) is 23.2 Å². The quantitative estimate of drug-likeness (QED) is 0.779. The summed E-state index contributed by atoms with van der Waals surface area (Å²) in [5, 5.41) is 1.11. The molecule has 3 heteroatoms. The molecule has 1 saturated carbocycles. The van der Waals surface area contributed by atoms with Gasteiger partial charge in [-0.25, -0.2) is 0 Å². The zero-order valence-electron chi connectivity index (χ0n) is 13.0. The summed E-state index contributed by atoms with van der Waals surface area (Å²) in [6.07, 6.45) is 8.30. The number of nitrogens with zero attached hydrogens (tertiary/aromatic N) is 2. The maximum Gasteiger partial charge on any atom is 0.232 e. The van der Waals surface area contributed by atoms with Gasteiger partial charge in [-0.1, -0.05) is 44.4 Å². The molecule has 0 radical (unpaired) electrons. The van der Waals surface area contributed by atoms with Crippen LogP contribution in [0.5, 0.6) is 0 Å². The molecule has 114 valence electrons. The van der Waals surface area contributed by atoms with Crippen molar-refractivity contribution in [2.45, 2.75) is 45.1 Å². The molecule has 2 aliphatic rings. The predicted octanol–water partition coefficient (Wildman–Crippen LogP) is 4.17. The number of aromatic nitrogens is 1. The fraction of sp³-hybridized carbons (Fsp3) is 0.474. The summed E-state index contributed by atoms with van der Waals surface area (Å²) in [6.45, 7) is 2.09. The van der Waals surface area contributed by atoms with Crippen LogP contribution in [0.2, 0.25) is 0 Å². The van der Waals surface area contributed by atoms with Crippen molar-refractivity contribution in [3.63, 3.8) is 0 Å². The first-order valence-corrected chi connectivity index (χ1v) is 8.44. The number of hydrogen-bond donors (Lipinski definition) is 0. The first kappa shape index (κ1) is 13.7. The summed E-state index contributed by atoms with van der Waals surface area (Å²) in [5.41, 5.74) is 1.95. The Morgan fingerprint density at radius 1 is 1.09 bits per heavy atom.